The average molecular weight is 508 g/mol. The van der Waals surface area contributed by atoms with Crippen molar-refractivity contribution in [2.24, 2.45) is 4.99 Å². The van der Waals surface area contributed by atoms with Crippen LogP contribution in [0.25, 0.3) is 0 Å². The molecule has 0 unspecified atom stereocenters. The monoisotopic (exact) mass is 508 g/mol. The number of aryl methyl sites for hydroxylation is 1. The van der Waals surface area contributed by atoms with Gasteiger partial charge in [-0.3, -0.25) is 9.79 Å². The first-order valence-electron chi connectivity index (χ1n) is 9.59. The van der Waals surface area contributed by atoms with E-state index in [-0.39, 0.29) is 29.9 Å². The Balaban J connectivity index is 0.00000364. The summed E-state index contributed by atoms with van der Waals surface area (Å²) in [6, 6.07) is 0.468. The molecule has 0 bridgehead atoms. The van der Waals surface area contributed by atoms with E-state index in [4.69, 9.17) is 0 Å². The largest absolute Gasteiger partial charge is 0.357 e. The third-order valence-electron chi connectivity index (χ3n) is 4.43. The topological polar surface area (TPSA) is 81.7 Å². The SMILES string of the molecule is CCCN1CCC(NC(=NCCNC(=O)c2scnc2C)NCC)CC1.I. The number of rotatable bonds is 8. The van der Waals surface area contributed by atoms with Crippen LogP contribution in [-0.2, 0) is 0 Å². The van der Waals surface area contributed by atoms with Crippen LogP contribution in [0.4, 0.5) is 0 Å². The third-order valence-corrected chi connectivity index (χ3v) is 5.36. The van der Waals surface area contributed by atoms with Crippen molar-refractivity contribution in [1.29, 1.82) is 0 Å². The van der Waals surface area contributed by atoms with E-state index in [1.165, 1.54) is 24.3 Å². The number of aromatic nitrogens is 1. The van der Waals surface area contributed by atoms with Crippen LogP contribution in [0, 0.1) is 6.92 Å². The predicted octanol–water partition coefficient (Wildman–Crippen LogP) is 2.23. The smallest absolute Gasteiger partial charge is 0.263 e. The number of carbonyl (C=O) groups excluding carboxylic acids is 1. The summed E-state index contributed by atoms with van der Waals surface area (Å²) in [7, 11) is 0. The molecule has 2 heterocycles. The van der Waals surface area contributed by atoms with Gasteiger partial charge in [0.05, 0.1) is 17.7 Å². The molecule has 0 aliphatic carbocycles. The second-order valence-corrected chi connectivity index (χ2v) is 7.40. The Labute approximate surface area is 183 Å². The summed E-state index contributed by atoms with van der Waals surface area (Å²) in [4.78, 5) is 24.0. The number of nitrogens with one attached hydrogen (secondary N) is 3. The van der Waals surface area contributed by atoms with Crippen LogP contribution in [0.1, 0.15) is 48.5 Å². The second kappa shape index (κ2) is 13.3. The van der Waals surface area contributed by atoms with Gasteiger partial charge in [0.1, 0.15) is 4.88 Å². The van der Waals surface area contributed by atoms with E-state index >= 15 is 0 Å². The first-order valence-corrected chi connectivity index (χ1v) is 10.5. The number of aliphatic imine (C=N–C) groups is 1. The van der Waals surface area contributed by atoms with Crippen molar-refractivity contribution in [3.05, 3.63) is 16.1 Å². The molecule has 0 saturated carbocycles. The van der Waals surface area contributed by atoms with Crippen LogP contribution >= 0.6 is 35.3 Å². The summed E-state index contributed by atoms with van der Waals surface area (Å²) < 4.78 is 0. The van der Waals surface area contributed by atoms with E-state index in [0.29, 0.717) is 24.0 Å². The van der Waals surface area contributed by atoms with Gasteiger partial charge in [-0.15, -0.1) is 35.3 Å². The van der Waals surface area contributed by atoms with Gasteiger partial charge in [-0.1, -0.05) is 6.92 Å². The minimum absolute atomic E-state index is 0. The van der Waals surface area contributed by atoms with E-state index in [2.05, 4.69) is 44.7 Å². The summed E-state index contributed by atoms with van der Waals surface area (Å²) in [5.41, 5.74) is 2.47. The molecule has 1 aliphatic heterocycles. The Morgan fingerprint density at radius 1 is 1.33 bits per heavy atom. The molecule has 1 amide bonds. The highest BCUT2D eigenvalue weighted by Gasteiger charge is 2.19. The minimum Gasteiger partial charge on any atom is -0.357 e. The summed E-state index contributed by atoms with van der Waals surface area (Å²) in [6.45, 7) is 11.5. The fourth-order valence-electron chi connectivity index (χ4n) is 3.07. The van der Waals surface area contributed by atoms with Crippen LogP contribution in [0.5, 0.6) is 0 Å². The van der Waals surface area contributed by atoms with Crippen molar-refractivity contribution in [2.75, 3.05) is 39.3 Å². The number of thiazole rings is 1. The van der Waals surface area contributed by atoms with E-state index in [9.17, 15) is 4.79 Å². The van der Waals surface area contributed by atoms with Gasteiger partial charge in [0.15, 0.2) is 5.96 Å². The van der Waals surface area contributed by atoms with Crippen molar-refractivity contribution < 1.29 is 4.79 Å². The molecular formula is C18H33IN6OS. The highest BCUT2D eigenvalue weighted by molar-refractivity contribution is 14.0. The summed E-state index contributed by atoms with van der Waals surface area (Å²) in [5.74, 6) is 0.770. The van der Waals surface area contributed by atoms with Gasteiger partial charge < -0.3 is 20.9 Å². The Morgan fingerprint density at radius 2 is 2.07 bits per heavy atom. The summed E-state index contributed by atoms with van der Waals surface area (Å²) >= 11 is 1.37. The molecule has 3 N–H and O–H groups in total. The maximum absolute atomic E-state index is 12.1. The Hall–Kier alpha value is -0.940. The van der Waals surface area contributed by atoms with Gasteiger partial charge >= 0.3 is 0 Å². The van der Waals surface area contributed by atoms with Crippen molar-refractivity contribution >= 4 is 47.2 Å². The first-order chi connectivity index (χ1) is 12.6. The van der Waals surface area contributed by atoms with E-state index in [1.807, 2.05) is 6.92 Å². The number of amides is 1. The van der Waals surface area contributed by atoms with Crippen LogP contribution in [0.3, 0.4) is 0 Å². The second-order valence-electron chi connectivity index (χ2n) is 6.54. The Bertz CT molecular complexity index is 586. The maximum Gasteiger partial charge on any atom is 0.263 e. The van der Waals surface area contributed by atoms with Gasteiger partial charge in [-0.05, 0) is 39.7 Å². The molecule has 0 radical (unpaired) electrons. The van der Waals surface area contributed by atoms with Crippen LogP contribution in [0.2, 0.25) is 0 Å². The Morgan fingerprint density at radius 3 is 2.67 bits per heavy atom. The normalized spacial score (nSPS) is 15.9. The predicted molar refractivity (Wildman–Crippen MR) is 123 cm³/mol. The zero-order chi connectivity index (χ0) is 18.8. The van der Waals surface area contributed by atoms with Crippen LogP contribution in [-0.4, -0.2) is 67.1 Å². The van der Waals surface area contributed by atoms with Crippen molar-refractivity contribution in [1.82, 2.24) is 25.8 Å². The fourth-order valence-corrected chi connectivity index (χ4v) is 3.79. The molecule has 0 aromatic carbocycles. The standard InChI is InChI=1S/C18H32N6OS.HI/c1-4-10-24-11-6-15(7-12-24)23-18(19-5-2)21-9-8-20-17(25)16-14(3)22-13-26-16;/h13,15H,4-12H2,1-3H3,(H,20,25)(H2,19,21,23);1H. The highest BCUT2D eigenvalue weighted by Crippen LogP contribution is 2.11. The van der Waals surface area contributed by atoms with E-state index < -0.39 is 0 Å². The number of nitrogens with zero attached hydrogens (tertiary/aromatic N) is 3. The number of hydrogen-bond donors (Lipinski definition) is 3. The number of halogens is 1. The van der Waals surface area contributed by atoms with E-state index in [0.717, 1.165) is 44.1 Å². The molecule has 9 heteroatoms. The quantitative estimate of drug-likeness (QED) is 0.217. The number of piperidine rings is 1. The molecule has 0 spiro atoms. The number of guanidine groups is 1. The zero-order valence-corrected chi connectivity index (χ0v) is 19.7. The molecule has 1 aromatic heterocycles. The fraction of sp³-hybridized carbons (Fsp3) is 0.722. The Kier molecular flexibility index (Phi) is 11.8. The van der Waals surface area contributed by atoms with Crippen molar-refractivity contribution in [3.63, 3.8) is 0 Å². The molecule has 1 fully saturated rings. The van der Waals surface area contributed by atoms with Gasteiger partial charge in [0, 0.05) is 32.2 Å². The first kappa shape index (κ1) is 24.1. The molecular weight excluding hydrogens is 475 g/mol. The summed E-state index contributed by atoms with van der Waals surface area (Å²) in [6.07, 6.45) is 3.51. The molecule has 1 aromatic rings. The molecule has 2 rings (SSSR count). The number of likely N-dealkylation sites (tertiary alicyclic amines) is 1. The van der Waals surface area contributed by atoms with Gasteiger partial charge in [-0.2, -0.15) is 0 Å². The molecule has 0 atom stereocenters. The number of hydrogen-bond acceptors (Lipinski definition) is 5. The molecule has 154 valence electrons. The minimum atomic E-state index is -0.0681. The van der Waals surface area contributed by atoms with Crippen LogP contribution < -0.4 is 16.0 Å². The van der Waals surface area contributed by atoms with Gasteiger partial charge in [-0.25, -0.2) is 4.98 Å². The van der Waals surface area contributed by atoms with Gasteiger partial charge in [0.2, 0.25) is 0 Å². The zero-order valence-electron chi connectivity index (χ0n) is 16.6. The molecule has 27 heavy (non-hydrogen) atoms. The highest BCUT2D eigenvalue weighted by atomic mass is 127. The molecule has 1 saturated heterocycles. The van der Waals surface area contributed by atoms with Crippen molar-refractivity contribution in [2.45, 2.75) is 46.1 Å². The maximum atomic E-state index is 12.1. The molecule has 1 aliphatic rings. The lowest BCUT2D eigenvalue weighted by Crippen LogP contribution is -2.49. The third kappa shape index (κ3) is 8.30. The summed E-state index contributed by atoms with van der Waals surface area (Å²) in [5, 5.41) is 9.74. The average Bonchev–Trinajstić information content (AvgIpc) is 3.06. The lowest BCUT2D eigenvalue weighted by Gasteiger charge is -2.32. The van der Waals surface area contributed by atoms with Gasteiger partial charge in [0.25, 0.3) is 5.91 Å². The lowest BCUT2D eigenvalue weighted by molar-refractivity contribution is 0.0958. The molecule has 7 nitrogen and oxygen atoms in total. The lowest BCUT2D eigenvalue weighted by atomic mass is 10.1. The van der Waals surface area contributed by atoms with Crippen molar-refractivity contribution in [3.8, 4) is 0 Å². The van der Waals surface area contributed by atoms with Crippen LogP contribution in [0.15, 0.2) is 10.5 Å². The number of carbonyl (C=O) groups is 1. The van der Waals surface area contributed by atoms with E-state index in [1.54, 1.807) is 5.51 Å².